The molecule has 202 valence electrons. The normalized spacial score (nSPS) is 11.0. The van der Waals surface area contributed by atoms with E-state index in [1.807, 2.05) is 52.0 Å². The van der Waals surface area contributed by atoms with E-state index >= 15 is 0 Å². The molecule has 0 radical (unpaired) electrons. The van der Waals surface area contributed by atoms with Gasteiger partial charge in [-0.25, -0.2) is 27.2 Å². The lowest BCUT2D eigenvalue weighted by molar-refractivity contribution is 0.192. The summed E-state index contributed by atoms with van der Waals surface area (Å²) in [6.07, 6.45) is 0. The van der Waals surface area contributed by atoms with Crippen molar-refractivity contribution in [2.24, 2.45) is 0 Å². The monoisotopic (exact) mass is 530 g/mol. The molecule has 0 bridgehead atoms. The molecule has 3 rings (SSSR count). The molecule has 0 saturated heterocycles. The van der Waals surface area contributed by atoms with Crippen LogP contribution in [0.3, 0.4) is 0 Å². The van der Waals surface area contributed by atoms with Crippen LogP contribution in [-0.2, 0) is 13.1 Å². The standard InChI is InChI=1S/C28H30F4N4O2/c1-17(2)35(27(37)33-25-11-9-21(29)13-23(25)31)15-19-5-7-20(8-6-19)16-36(18(3)4)28(38)34-26-12-10-22(30)14-24(26)32/h5-14,17-18H,15-16H2,1-4H3,(H,33,37)(H,34,38). The molecule has 0 aliphatic rings. The summed E-state index contributed by atoms with van der Waals surface area (Å²) < 4.78 is 54.3. The van der Waals surface area contributed by atoms with Gasteiger partial charge >= 0.3 is 12.1 Å². The van der Waals surface area contributed by atoms with E-state index in [0.29, 0.717) is 12.1 Å². The molecule has 0 aliphatic heterocycles. The highest BCUT2D eigenvalue weighted by molar-refractivity contribution is 5.90. The minimum Gasteiger partial charge on any atom is -0.318 e. The molecule has 3 aromatic rings. The molecule has 0 aliphatic carbocycles. The van der Waals surface area contributed by atoms with E-state index in [0.717, 1.165) is 35.4 Å². The third-order valence-corrected chi connectivity index (χ3v) is 5.84. The van der Waals surface area contributed by atoms with Crippen LogP contribution in [0.1, 0.15) is 38.8 Å². The van der Waals surface area contributed by atoms with Crippen molar-refractivity contribution in [3.8, 4) is 0 Å². The number of benzene rings is 3. The van der Waals surface area contributed by atoms with Crippen molar-refractivity contribution in [1.82, 2.24) is 9.80 Å². The van der Waals surface area contributed by atoms with Crippen molar-refractivity contribution in [1.29, 1.82) is 0 Å². The van der Waals surface area contributed by atoms with Gasteiger partial charge in [0.15, 0.2) is 0 Å². The second-order valence-corrected chi connectivity index (χ2v) is 9.37. The quantitative estimate of drug-likeness (QED) is 0.305. The Labute approximate surface area is 219 Å². The number of carbonyl (C=O) groups excluding carboxylic acids is 2. The summed E-state index contributed by atoms with van der Waals surface area (Å²) in [6.45, 7) is 7.72. The maximum atomic E-state index is 14.0. The van der Waals surface area contributed by atoms with Crippen molar-refractivity contribution in [3.05, 3.63) is 95.1 Å². The lowest BCUT2D eigenvalue weighted by Gasteiger charge is -2.28. The maximum absolute atomic E-state index is 14.0. The van der Waals surface area contributed by atoms with Gasteiger partial charge < -0.3 is 20.4 Å². The Bertz CT molecular complexity index is 1180. The number of halogens is 4. The van der Waals surface area contributed by atoms with Gasteiger partial charge in [0.05, 0.1) is 11.4 Å². The van der Waals surface area contributed by atoms with E-state index in [-0.39, 0.29) is 36.5 Å². The fourth-order valence-corrected chi connectivity index (χ4v) is 3.68. The lowest BCUT2D eigenvalue weighted by atomic mass is 10.1. The molecule has 6 nitrogen and oxygen atoms in total. The summed E-state index contributed by atoms with van der Waals surface area (Å²) >= 11 is 0. The van der Waals surface area contributed by atoms with Crippen molar-refractivity contribution >= 4 is 23.4 Å². The molecule has 4 amide bonds. The molecule has 0 fully saturated rings. The van der Waals surface area contributed by atoms with Gasteiger partial charge in [0.2, 0.25) is 0 Å². The molecule has 0 saturated carbocycles. The number of carbonyl (C=O) groups is 2. The van der Waals surface area contributed by atoms with Crippen LogP contribution >= 0.6 is 0 Å². The van der Waals surface area contributed by atoms with E-state index in [9.17, 15) is 27.2 Å². The molecule has 0 unspecified atom stereocenters. The first-order valence-electron chi connectivity index (χ1n) is 12.1. The lowest BCUT2D eigenvalue weighted by Crippen LogP contribution is -2.40. The Morgan fingerprint density at radius 3 is 1.26 bits per heavy atom. The van der Waals surface area contributed by atoms with E-state index < -0.39 is 35.3 Å². The second kappa shape index (κ2) is 12.4. The molecule has 2 N–H and O–H groups in total. The molecule has 0 aromatic heterocycles. The highest BCUT2D eigenvalue weighted by Crippen LogP contribution is 2.20. The summed E-state index contributed by atoms with van der Waals surface area (Å²) in [6, 6.07) is 11.6. The molecular weight excluding hydrogens is 500 g/mol. The summed E-state index contributed by atoms with van der Waals surface area (Å²) in [5, 5.41) is 4.95. The van der Waals surface area contributed by atoms with Gasteiger partial charge in [-0.15, -0.1) is 0 Å². The SMILES string of the molecule is CC(C)N(Cc1ccc(CN(C(=O)Nc2ccc(F)cc2F)C(C)C)cc1)C(=O)Nc1ccc(F)cc1F. The van der Waals surface area contributed by atoms with Crippen LogP contribution in [0.2, 0.25) is 0 Å². The minimum absolute atomic E-state index is 0.120. The topological polar surface area (TPSA) is 64.7 Å². The molecule has 0 heterocycles. The number of hydrogen-bond donors (Lipinski definition) is 2. The van der Waals surface area contributed by atoms with Crippen molar-refractivity contribution in [3.63, 3.8) is 0 Å². The first kappa shape index (κ1) is 28.5. The minimum atomic E-state index is -0.868. The zero-order valence-electron chi connectivity index (χ0n) is 21.6. The van der Waals surface area contributed by atoms with E-state index in [2.05, 4.69) is 10.6 Å². The number of rotatable bonds is 8. The molecule has 0 spiro atoms. The first-order chi connectivity index (χ1) is 17.9. The fraction of sp³-hybridized carbons (Fsp3) is 0.286. The van der Waals surface area contributed by atoms with Crippen molar-refractivity contribution in [2.45, 2.75) is 52.9 Å². The molecular formula is C28H30F4N4O2. The van der Waals surface area contributed by atoms with Gasteiger partial charge in [0.25, 0.3) is 0 Å². The Kier molecular flexibility index (Phi) is 9.33. The predicted octanol–water partition coefficient (Wildman–Crippen LogP) is 7.13. The van der Waals surface area contributed by atoms with Crippen LogP contribution < -0.4 is 10.6 Å². The van der Waals surface area contributed by atoms with Crippen molar-refractivity contribution < 1.29 is 27.2 Å². The van der Waals surface area contributed by atoms with Crippen molar-refractivity contribution in [2.75, 3.05) is 10.6 Å². The molecule has 38 heavy (non-hydrogen) atoms. The van der Waals surface area contributed by atoms with Crippen LogP contribution in [0.5, 0.6) is 0 Å². The van der Waals surface area contributed by atoms with Crippen LogP contribution in [-0.4, -0.2) is 33.9 Å². The summed E-state index contributed by atoms with van der Waals surface area (Å²) in [7, 11) is 0. The molecule has 10 heteroatoms. The summed E-state index contributed by atoms with van der Waals surface area (Å²) in [4.78, 5) is 28.6. The fourth-order valence-electron chi connectivity index (χ4n) is 3.68. The number of amides is 4. The number of nitrogens with one attached hydrogen (secondary N) is 2. The van der Waals surface area contributed by atoms with Gasteiger partial charge in [-0.3, -0.25) is 0 Å². The average molecular weight is 531 g/mol. The van der Waals surface area contributed by atoms with Crippen LogP contribution in [0, 0.1) is 23.3 Å². The van der Waals surface area contributed by atoms with Gasteiger partial charge in [-0.1, -0.05) is 24.3 Å². The number of nitrogens with zero attached hydrogens (tertiary/aromatic N) is 2. The zero-order chi connectivity index (χ0) is 28.0. The number of hydrogen-bond acceptors (Lipinski definition) is 2. The third kappa shape index (κ3) is 7.47. The van der Waals surface area contributed by atoms with E-state index in [1.165, 1.54) is 9.80 Å². The van der Waals surface area contributed by atoms with E-state index in [1.54, 1.807) is 0 Å². The van der Waals surface area contributed by atoms with Crippen LogP contribution in [0.25, 0.3) is 0 Å². The Balaban J connectivity index is 1.67. The highest BCUT2D eigenvalue weighted by Gasteiger charge is 2.21. The Morgan fingerprint density at radius 1 is 0.632 bits per heavy atom. The summed E-state index contributed by atoms with van der Waals surface area (Å²) in [5.41, 5.74) is 1.35. The van der Waals surface area contributed by atoms with Gasteiger partial charge in [0.1, 0.15) is 23.3 Å². The van der Waals surface area contributed by atoms with Crippen LogP contribution in [0.4, 0.5) is 38.5 Å². The average Bonchev–Trinajstić information content (AvgIpc) is 2.84. The first-order valence-corrected chi connectivity index (χ1v) is 12.1. The van der Waals surface area contributed by atoms with E-state index in [4.69, 9.17) is 0 Å². The maximum Gasteiger partial charge on any atom is 0.322 e. The number of urea groups is 2. The largest absolute Gasteiger partial charge is 0.322 e. The predicted molar refractivity (Wildman–Crippen MR) is 139 cm³/mol. The van der Waals surface area contributed by atoms with Gasteiger partial charge in [-0.05, 0) is 63.1 Å². The third-order valence-electron chi connectivity index (χ3n) is 5.84. The molecule has 0 atom stereocenters. The Morgan fingerprint density at radius 2 is 0.974 bits per heavy atom. The molecule has 3 aromatic carbocycles. The van der Waals surface area contributed by atoms with Gasteiger partial charge in [-0.2, -0.15) is 0 Å². The second-order valence-electron chi connectivity index (χ2n) is 9.37. The Hall–Kier alpha value is -4.08. The number of anilines is 2. The summed E-state index contributed by atoms with van der Waals surface area (Å²) in [5.74, 6) is -3.21. The smallest absolute Gasteiger partial charge is 0.318 e. The zero-order valence-corrected chi connectivity index (χ0v) is 21.6. The van der Waals surface area contributed by atoms with Gasteiger partial charge in [0, 0.05) is 37.3 Å². The highest BCUT2D eigenvalue weighted by atomic mass is 19.1. The van der Waals surface area contributed by atoms with Crippen LogP contribution in [0.15, 0.2) is 60.7 Å².